The molecule has 0 spiro atoms. The predicted molar refractivity (Wildman–Crippen MR) is 102 cm³/mol. The number of benzene rings is 1. The van der Waals surface area contributed by atoms with Crippen LogP contribution >= 0.6 is 23.2 Å². The van der Waals surface area contributed by atoms with Gasteiger partial charge in [0.1, 0.15) is 5.15 Å². The van der Waals surface area contributed by atoms with Gasteiger partial charge in [0, 0.05) is 18.9 Å². The van der Waals surface area contributed by atoms with Gasteiger partial charge in [-0.25, -0.2) is 9.78 Å². The van der Waals surface area contributed by atoms with E-state index in [2.05, 4.69) is 10.3 Å². The summed E-state index contributed by atoms with van der Waals surface area (Å²) in [5, 5.41) is 1.64. The third kappa shape index (κ3) is 6.33. The van der Waals surface area contributed by atoms with Crippen LogP contribution in [0.15, 0.2) is 36.5 Å². The molecule has 0 aliphatic heterocycles. The molecular weight excluding hydrogens is 450 g/mol. The van der Waals surface area contributed by atoms with Crippen LogP contribution in [0, 0.1) is 0 Å². The van der Waals surface area contributed by atoms with Crippen molar-refractivity contribution < 1.29 is 32.3 Å². The van der Waals surface area contributed by atoms with E-state index in [1.54, 1.807) is 0 Å². The SMILES string of the molecule is CN(CC(=O)Nc1ccc(Cl)c(C(F)(F)F)c1)C(=O)COC(=O)c1cccnc1Cl. The number of esters is 1. The highest BCUT2D eigenvalue weighted by atomic mass is 35.5. The van der Waals surface area contributed by atoms with Gasteiger partial charge in [0.05, 0.1) is 22.7 Å². The summed E-state index contributed by atoms with van der Waals surface area (Å²) in [6, 6.07) is 5.69. The third-order valence-electron chi connectivity index (χ3n) is 3.67. The Labute approximate surface area is 178 Å². The van der Waals surface area contributed by atoms with E-state index in [0.29, 0.717) is 6.07 Å². The molecule has 0 fully saturated rings. The Bertz CT molecular complexity index is 970. The summed E-state index contributed by atoms with van der Waals surface area (Å²) in [5.41, 5.74) is -1.28. The van der Waals surface area contributed by atoms with E-state index >= 15 is 0 Å². The molecule has 2 aromatic rings. The molecule has 0 saturated heterocycles. The first-order valence-corrected chi connectivity index (χ1v) is 8.93. The van der Waals surface area contributed by atoms with Crippen LogP contribution < -0.4 is 5.32 Å². The highest BCUT2D eigenvalue weighted by Gasteiger charge is 2.33. The molecule has 1 aromatic heterocycles. The van der Waals surface area contributed by atoms with Crippen LogP contribution in [0.4, 0.5) is 18.9 Å². The minimum absolute atomic E-state index is 0.0319. The quantitative estimate of drug-likeness (QED) is 0.521. The lowest BCUT2D eigenvalue weighted by Gasteiger charge is -2.17. The van der Waals surface area contributed by atoms with Crippen molar-refractivity contribution in [1.29, 1.82) is 0 Å². The molecule has 0 saturated carbocycles. The Morgan fingerprint density at radius 1 is 1.20 bits per heavy atom. The van der Waals surface area contributed by atoms with E-state index < -0.39 is 47.7 Å². The van der Waals surface area contributed by atoms with Crippen LogP contribution in [-0.4, -0.2) is 47.9 Å². The normalized spacial score (nSPS) is 11.0. The van der Waals surface area contributed by atoms with Crippen molar-refractivity contribution in [3.8, 4) is 0 Å². The van der Waals surface area contributed by atoms with Crippen molar-refractivity contribution in [2.45, 2.75) is 6.18 Å². The predicted octanol–water partition coefficient (Wildman–Crippen LogP) is 3.66. The average Bonchev–Trinajstić information content (AvgIpc) is 2.66. The van der Waals surface area contributed by atoms with Gasteiger partial charge < -0.3 is 15.0 Å². The number of likely N-dealkylation sites (N-methyl/N-ethyl adjacent to an activating group) is 1. The molecule has 12 heteroatoms. The first-order valence-electron chi connectivity index (χ1n) is 8.17. The van der Waals surface area contributed by atoms with Crippen LogP contribution in [0.25, 0.3) is 0 Å². The number of anilines is 1. The van der Waals surface area contributed by atoms with Crippen LogP contribution in [0.1, 0.15) is 15.9 Å². The van der Waals surface area contributed by atoms with Crippen molar-refractivity contribution in [3.63, 3.8) is 0 Å². The molecule has 1 heterocycles. The maximum Gasteiger partial charge on any atom is 0.417 e. The number of halogens is 5. The van der Waals surface area contributed by atoms with Gasteiger partial charge in [0.15, 0.2) is 6.61 Å². The molecule has 0 atom stereocenters. The number of amides is 2. The van der Waals surface area contributed by atoms with E-state index in [-0.39, 0.29) is 16.4 Å². The number of hydrogen-bond acceptors (Lipinski definition) is 5. The van der Waals surface area contributed by atoms with Gasteiger partial charge in [-0.1, -0.05) is 23.2 Å². The summed E-state index contributed by atoms with van der Waals surface area (Å²) in [4.78, 5) is 40.6. The minimum atomic E-state index is -4.69. The Morgan fingerprint density at radius 3 is 2.53 bits per heavy atom. The van der Waals surface area contributed by atoms with Crippen LogP contribution in [-0.2, 0) is 20.5 Å². The van der Waals surface area contributed by atoms with E-state index in [9.17, 15) is 27.6 Å². The number of carbonyl (C=O) groups excluding carboxylic acids is 3. The number of ether oxygens (including phenoxy) is 1. The van der Waals surface area contributed by atoms with E-state index in [1.165, 1.54) is 31.4 Å². The molecule has 160 valence electrons. The Hall–Kier alpha value is -2.85. The van der Waals surface area contributed by atoms with Crippen LogP contribution in [0.3, 0.4) is 0 Å². The minimum Gasteiger partial charge on any atom is -0.452 e. The Morgan fingerprint density at radius 2 is 1.90 bits per heavy atom. The summed E-state index contributed by atoms with van der Waals surface area (Å²) in [6.07, 6.45) is -3.32. The van der Waals surface area contributed by atoms with Crippen molar-refractivity contribution in [2.24, 2.45) is 0 Å². The Balaban J connectivity index is 1.90. The van der Waals surface area contributed by atoms with E-state index in [1.807, 2.05) is 0 Å². The summed E-state index contributed by atoms with van der Waals surface area (Å²) in [5.74, 6) is -2.35. The van der Waals surface area contributed by atoms with Gasteiger partial charge in [0.2, 0.25) is 5.91 Å². The van der Waals surface area contributed by atoms with Gasteiger partial charge >= 0.3 is 12.1 Å². The van der Waals surface area contributed by atoms with Gasteiger partial charge in [-0.2, -0.15) is 13.2 Å². The van der Waals surface area contributed by atoms with E-state index in [0.717, 1.165) is 11.0 Å². The summed E-state index contributed by atoms with van der Waals surface area (Å²) in [7, 11) is 1.26. The fourth-order valence-electron chi connectivity index (χ4n) is 2.18. The molecule has 1 N–H and O–H groups in total. The molecule has 30 heavy (non-hydrogen) atoms. The zero-order valence-electron chi connectivity index (χ0n) is 15.3. The summed E-state index contributed by atoms with van der Waals surface area (Å²) < 4.78 is 43.5. The van der Waals surface area contributed by atoms with Crippen molar-refractivity contribution in [3.05, 3.63) is 57.8 Å². The molecule has 1 aromatic carbocycles. The average molecular weight is 464 g/mol. The fraction of sp³-hybridized carbons (Fsp3) is 0.222. The number of nitrogens with zero attached hydrogens (tertiary/aromatic N) is 2. The molecule has 7 nitrogen and oxygen atoms in total. The first-order chi connectivity index (χ1) is 14.0. The van der Waals surface area contributed by atoms with Gasteiger partial charge in [-0.05, 0) is 30.3 Å². The lowest BCUT2D eigenvalue weighted by Crippen LogP contribution is -2.37. The summed E-state index contributed by atoms with van der Waals surface area (Å²) in [6.45, 7) is -1.17. The number of hydrogen-bond donors (Lipinski definition) is 1. The van der Waals surface area contributed by atoms with Crippen molar-refractivity contribution in [2.75, 3.05) is 25.5 Å². The molecule has 0 radical (unpaired) electrons. The maximum absolute atomic E-state index is 12.9. The molecule has 0 aliphatic rings. The number of pyridine rings is 1. The fourth-order valence-corrected chi connectivity index (χ4v) is 2.60. The van der Waals surface area contributed by atoms with Crippen molar-refractivity contribution >= 4 is 46.7 Å². The smallest absolute Gasteiger partial charge is 0.417 e. The number of carbonyl (C=O) groups is 3. The van der Waals surface area contributed by atoms with E-state index in [4.69, 9.17) is 27.9 Å². The Kier molecular flexibility index (Phi) is 7.63. The highest BCUT2D eigenvalue weighted by Crippen LogP contribution is 2.36. The van der Waals surface area contributed by atoms with Gasteiger partial charge in [-0.3, -0.25) is 9.59 Å². The monoisotopic (exact) mass is 463 g/mol. The molecule has 0 bridgehead atoms. The number of alkyl halides is 3. The largest absolute Gasteiger partial charge is 0.452 e. The zero-order valence-corrected chi connectivity index (χ0v) is 16.8. The first kappa shape index (κ1) is 23.4. The highest BCUT2D eigenvalue weighted by molar-refractivity contribution is 6.32. The second-order valence-electron chi connectivity index (χ2n) is 5.91. The number of rotatable bonds is 6. The van der Waals surface area contributed by atoms with Crippen molar-refractivity contribution in [1.82, 2.24) is 9.88 Å². The van der Waals surface area contributed by atoms with Gasteiger partial charge in [-0.15, -0.1) is 0 Å². The molecule has 0 unspecified atom stereocenters. The number of nitrogens with one attached hydrogen (secondary N) is 1. The molecule has 0 aliphatic carbocycles. The third-order valence-corrected chi connectivity index (χ3v) is 4.30. The second-order valence-corrected chi connectivity index (χ2v) is 6.67. The molecule has 2 rings (SSSR count). The van der Waals surface area contributed by atoms with Crippen LogP contribution in [0.2, 0.25) is 10.2 Å². The molecule has 2 amide bonds. The van der Waals surface area contributed by atoms with Gasteiger partial charge in [0.25, 0.3) is 5.91 Å². The standard InChI is InChI=1S/C18H14Cl2F3N3O4/c1-26(15(28)9-30-17(29)11-3-2-6-24-16(11)20)8-14(27)25-10-4-5-13(19)12(7-10)18(21,22)23/h2-7H,8-9H2,1H3,(H,25,27). The second kappa shape index (κ2) is 9.77. The van der Waals surface area contributed by atoms with Crippen LogP contribution in [0.5, 0.6) is 0 Å². The lowest BCUT2D eigenvalue weighted by atomic mass is 10.2. The topological polar surface area (TPSA) is 88.6 Å². The lowest BCUT2D eigenvalue weighted by molar-refractivity contribution is -0.137. The summed E-state index contributed by atoms with van der Waals surface area (Å²) >= 11 is 11.3. The zero-order chi connectivity index (χ0) is 22.5. The maximum atomic E-state index is 12.9. The molecular formula is C18H14Cl2F3N3O4. The number of aromatic nitrogens is 1.